The number of nitrogens with zero attached hydrogens (tertiary/aromatic N) is 1. The Morgan fingerprint density at radius 2 is 2.33 bits per heavy atom. The lowest BCUT2D eigenvalue weighted by atomic mass is 10.1. The van der Waals surface area contributed by atoms with Crippen LogP contribution in [0.5, 0.6) is 0 Å². The minimum absolute atomic E-state index is 0.0812. The maximum atomic E-state index is 10.7. The Morgan fingerprint density at radius 1 is 1.60 bits per heavy atom. The van der Waals surface area contributed by atoms with Crippen LogP contribution in [0.15, 0.2) is 24.5 Å². The SMILES string of the molecule is CC(CC(N)=O)NC(C)c1cccnc1. The van der Waals surface area contributed by atoms with Crippen LogP contribution in [0.3, 0.4) is 0 Å². The molecule has 0 bridgehead atoms. The van der Waals surface area contributed by atoms with E-state index in [0.29, 0.717) is 6.42 Å². The summed E-state index contributed by atoms with van der Waals surface area (Å²) in [6, 6.07) is 4.15. The number of hydrogen-bond acceptors (Lipinski definition) is 3. The number of hydrogen-bond donors (Lipinski definition) is 2. The molecule has 2 atom stereocenters. The molecule has 1 aromatic heterocycles. The molecule has 4 heteroatoms. The van der Waals surface area contributed by atoms with Gasteiger partial charge >= 0.3 is 0 Å². The van der Waals surface area contributed by atoms with Gasteiger partial charge in [-0.2, -0.15) is 0 Å². The van der Waals surface area contributed by atoms with E-state index >= 15 is 0 Å². The van der Waals surface area contributed by atoms with Crippen molar-refractivity contribution in [3.8, 4) is 0 Å². The van der Waals surface area contributed by atoms with Gasteiger partial charge < -0.3 is 11.1 Å². The summed E-state index contributed by atoms with van der Waals surface area (Å²) in [7, 11) is 0. The van der Waals surface area contributed by atoms with Crippen molar-refractivity contribution in [2.45, 2.75) is 32.4 Å². The largest absolute Gasteiger partial charge is 0.370 e. The number of pyridine rings is 1. The molecular formula is C11H17N3O. The van der Waals surface area contributed by atoms with Crippen molar-refractivity contribution in [2.24, 2.45) is 5.73 Å². The summed E-state index contributed by atoms with van der Waals surface area (Å²) < 4.78 is 0. The second-order valence-corrected chi connectivity index (χ2v) is 3.75. The summed E-state index contributed by atoms with van der Waals surface area (Å²) in [6.07, 6.45) is 3.91. The fraction of sp³-hybridized carbons (Fsp3) is 0.455. The van der Waals surface area contributed by atoms with E-state index in [-0.39, 0.29) is 18.0 Å². The van der Waals surface area contributed by atoms with E-state index in [4.69, 9.17) is 5.73 Å². The second kappa shape index (κ2) is 5.46. The molecule has 0 fully saturated rings. The average Bonchev–Trinajstić information content (AvgIpc) is 2.17. The van der Waals surface area contributed by atoms with Gasteiger partial charge in [-0.15, -0.1) is 0 Å². The van der Waals surface area contributed by atoms with Gasteiger partial charge in [0, 0.05) is 30.9 Å². The Labute approximate surface area is 89.9 Å². The van der Waals surface area contributed by atoms with Crippen molar-refractivity contribution < 1.29 is 4.79 Å². The molecule has 4 nitrogen and oxygen atoms in total. The normalized spacial score (nSPS) is 14.5. The van der Waals surface area contributed by atoms with Crippen molar-refractivity contribution in [3.63, 3.8) is 0 Å². The summed E-state index contributed by atoms with van der Waals surface area (Å²) >= 11 is 0. The van der Waals surface area contributed by atoms with Crippen LogP contribution in [-0.2, 0) is 4.79 Å². The zero-order valence-corrected chi connectivity index (χ0v) is 9.10. The highest BCUT2D eigenvalue weighted by atomic mass is 16.1. The lowest BCUT2D eigenvalue weighted by molar-refractivity contribution is -0.118. The van der Waals surface area contributed by atoms with Crippen LogP contribution in [-0.4, -0.2) is 16.9 Å². The van der Waals surface area contributed by atoms with Gasteiger partial charge in [0.2, 0.25) is 5.91 Å². The lowest BCUT2D eigenvalue weighted by Crippen LogP contribution is -2.32. The van der Waals surface area contributed by atoms with E-state index in [2.05, 4.69) is 10.3 Å². The van der Waals surface area contributed by atoms with Crippen LogP contribution in [0.25, 0.3) is 0 Å². The molecule has 0 radical (unpaired) electrons. The van der Waals surface area contributed by atoms with Crippen molar-refractivity contribution >= 4 is 5.91 Å². The minimum atomic E-state index is -0.284. The van der Waals surface area contributed by atoms with Gasteiger partial charge in [-0.05, 0) is 25.5 Å². The molecular weight excluding hydrogens is 190 g/mol. The van der Waals surface area contributed by atoms with E-state index in [9.17, 15) is 4.79 Å². The van der Waals surface area contributed by atoms with Gasteiger partial charge in [-0.1, -0.05) is 6.07 Å². The second-order valence-electron chi connectivity index (χ2n) is 3.75. The molecule has 3 N–H and O–H groups in total. The van der Waals surface area contributed by atoms with Gasteiger partial charge in [-0.3, -0.25) is 9.78 Å². The number of rotatable bonds is 5. The molecule has 0 aliphatic carbocycles. The molecule has 0 saturated heterocycles. The number of aromatic nitrogens is 1. The first-order valence-electron chi connectivity index (χ1n) is 5.04. The third-order valence-electron chi connectivity index (χ3n) is 2.23. The number of nitrogens with one attached hydrogen (secondary N) is 1. The van der Waals surface area contributed by atoms with E-state index < -0.39 is 0 Å². The monoisotopic (exact) mass is 207 g/mol. The van der Waals surface area contributed by atoms with Crippen molar-refractivity contribution in [1.29, 1.82) is 0 Å². The zero-order chi connectivity index (χ0) is 11.3. The van der Waals surface area contributed by atoms with Crippen molar-refractivity contribution in [2.75, 3.05) is 0 Å². The minimum Gasteiger partial charge on any atom is -0.370 e. The Hall–Kier alpha value is -1.42. The number of nitrogens with two attached hydrogens (primary N) is 1. The third-order valence-corrected chi connectivity index (χ3v) is 2.23. The van der Waals surface area contributed by atoms with Crippen LogP contribution < -0.4 is 11.1 Å². The summed E-state index contributed by atoms with van der Waals surface area (Å²) in [6.45, 7) is 3.98. The van der Waals surface area contributed by atoms with E-state index in [1.165, 1.54) is 0 Å². The highest BCUT2D eigenvalue weighted by Gasteiger charge is 2.10. The van der Waals surface area contributed by atoms with E-state index in [1.54, 1.807) is 6.20 Å². The van der Waals surface area contributed by atoms with Crippen LogP contribution in [0.4, 0.5) is 0 Å². The van der Waals surface area contributed by atoms with Crippen LogP contribution in [0.1, 0.15) is 31.9 Å². The molecule has 1 amide bonds. The summed E-state index contributed by atoms with van der Waals surface area (Å²) in [5, 5.41) is 3.29. The van der Waals surface area contributed by atoms with Crippen LogP contribution >= 0.6 is 0 Å². The number of amides is 1. The van der Waals surface area contributed by atoms with Gasteiger partial charge in [0.1, 0.15) is 0 Å². The molecule has 15 heavy (non-hydrogen) atoms. The maximum absolute atomic E-state index is 10.7. The van der Waals surface area contributed by atoms with Gasteiger partial charge in [0.15, 0.2) is 0 Å². The first-order chi connectivity index (χ1) is 7.09. The number of primary amides is 1. The Morgan fingerprint density at radius 3 is 2.87 bits per heavy atom. The molecule has 0 aliphatic heterocycles. The molecule has 1 heterocycles. The molecule has 0 aliphatic rings. The highest BCUT2D eigenvalue weighted by molar-refractivity contribution is 5.74. The first-order valence-corrected chi connectivity index (χ1v) is 5.04. The average molecular weight is 207 g/mol. The number of carbonyl (C=O) groups is 1. The maximum Gasteiger partial charge on any atom is 0.218 e. The number of carbonyl (C=O) groups excluding carboxylic acids is 1. The Bertz CT molecular complexity index is 313. The molecule has 82 valence electrons. The van der Waals surface area contributed by atoms with Crippen molar-refractivity contribution in [3.05, 3.63) is 30.1 Å². The molecule has 0 saturated carbocycles. The topological polar surface area (TPSA) is 68.0 Å². The summed E-state index contributed by atoms with van der Waals surface area (Å²) in [5.74, 6) is -0.284. The Kier molecular flexibility index (Phi) is 4.24. The Balaban J connectivity index is 2.49. The molecule has 0 spiro atoms. The van der Waals surface area contributed by atoms with E-state index in [0.717, 1.165) is 5.56 Å². The smallest absolute Gasteiger partial charge is 0.218 e. The zero-order valence-electron chi connectivity index (χ0n) is 9.10. The standard InChI is InChI=1S/C11H17N3O/c1-8(6-11(12)15)14-9(2)10-4-3-5-13-7-10/h3-5,7-9,14H,6H2,1-2H3,(H2,12,15). The predicted octanol–water partition coefficient (Wildman–Crippen LogP) is 0.996. The van der Waals surface area contributed by atoms with Gasteiger partial charge in [0.05, 0.1) is 0 Å². The predicted molar refractivity (Wildman–Crippen MR) is 59.1 cm³/mol. The van der Waals surface area contributed by atoms with E-state index in [1.807, 2.05) is 32.2 Å². The fourth-order valence-electron chi connectivity index (χ4n) is 1.52. The molecule has 1 rings (SSSR count). The fourth-order valence-corrected chi connectivity index (χ4v) is 1.52. The molecule has 2 unspecified atom stereocenters. The van der Waals surface area contributed by atoms with Crippen LogP contribution in [0.2, 0.25) is 0 Å². The summed E-state index contributed by atoms with van der Waals surface area (Å²) in [5.41, 5.74) is 6.22. The molecule has 0 aromatic carbocycles. The first kappa shape index (κ1) is 11.7. The quantitative estimate of drug-likeness (QED) is 0.756. The van der Waals surface area contributed by atoms with Crippen LogP contribution in [0, 0.1) is 0 Å². The molecule has 1 aromatic rings. The van der Waals surface area contributed by atoms with Gasteiger partial charge in [-0.25, -0.2) is 0 Å². The van der Waals surface area contributed by atoms with Gasteiger partial charge in [0.25, 0.3) is 0 Å². The summed E-state index contributed by atoms with van der Waals surface area (Å²) in [4.78, 5) is 14.7. The lowest BCUT2D eigenvalue weighted by Gasteiger charge is -2.18. The highest BCUT2D eigenvalue weighted by Crippen LogP contribution is 2.11. The third kappa shape index (κ3) is 4.08. The van der Waals surface area contributed by atoms with Crippen molar-refractivity contribution in [1.82, 2.24) is 10.3 Å².